The SMILES string of the molecule is CC/C=C\C/C=C\C/C=C\C/C=C\CCCCCCCCCCCCCCCCCCCCCCCCCCCCCCC(=O)OC(COC(=O)CCCCCCCCCCCCCCCCCCCCCCCCCC/C=C\C/C=C\C/C=C\C/C=C\CC)COC(OCC[N+](C)(C)C)C(=O)[O-]. The number of rotatable bonds is 83. The summed E-state index contributed by atoms with van der Waals surface area (Å²) in [5.41, 5.74) is 0. The summed E-state index contributed by atoms with van der Waals surface area (Å²) in [5.74, 6) is -2.25. The van der Waals surface area contributed by atoms with E-state index >= 15 is 0 Å². The zero-order valence-corrected chi connectivity index (χ0v) is 68.7. The van der Waals surface area contributed by atoms with Gasteiger partial charge in [-0.25, -0.2) is 0 Å². The van der Waals surface area contributed by atoms with Gasteiger partial charge in [0.05, 0.1) is 40.3 Å². The van der Waals surface area contributed by atoms with E-state index in [1.54, 1.807) is 0 Å². The van der Waals surface area contributed by atoms with Crippen LogP contribution in [0.3, 0.4) is 0 Å². The van der Waals surface area contributed by atoms with Crippen molar-refractivity contribution in [1.29, 1.82) is 0 Å². The van der Waals surface area contributed by atoms with Crippen molar-refractivity contribution in [3.63, 3.8) is 0 Å². The lowest BCUT2D eigenvalue weighted by Crippen LogP contribution is -2.44. The van der Waals surface area contributed by atoms with Crippen LogP contribution in [0.5, 0.6) is 0 Å². The number of carboxylic acids is 1. The normalized spacial score (nSPS) is 13.1. The van der Waals surface area contributed by atoms with E-state index in [-0.39, 0.29) is 32.2 Å². The lowest BCUT2D eigenvalue weighted by atomic mass is 10.0. The zero-order chi connectivity index (χ0) is 74.6. The number of ether oxygens (including phenoxy) is 4. The molecule has 0 radical (unpaired) electrons. The molecule has 9 heteroatoms. The van der Waals surface area contributed by atoms with Gasteiger partial charge in [-0.05, 0) is 89.9 Å². The molecular weight excluding hydrogens is 1270 g/mol. The van der Waals surface area contributed by atoms with Gasteiger partial charge in [-0.15, -0.1) is 0 Å². The van der Waals surface area contributed by atoms with Crippen LogP contribution >= 0.6 is 0 Å². The van der Waals surface area contributed by atoms with Gasteiger partial charge in [-0.2, -0.15) is 0 Å². The lowest BCUT2D eigenvalue weighted by Gasteiger charge is -2.26. The number of esters is 2. The minimum absolute atomic E-state index is 0.149. The summed E-state index contributed by atoms with van der Waals surface area (Å²) in [6, 6.07) is 0. The van der Waals surface area contributed by atoms with Gasteiger partial charge in [0.25, 0.3) is 0 Å². The molecular formula is C94H169NO8. The van der Waals surface area contributed by atoms with Crippen LogP contribution in [0.25, 0.3) is 0 Å². The van der Waals surface area contributed by atoms with Crippen LogP contribution in [0.2, 0.25) is 0 Å². The van der Waals surface area contributed by atoms with Crippen LogP contribution in [-0.2, 0) is 33.3 Å². The second kappa shape index (κ2) is 83.8. The number of hydrogen-bond acceptors (Lipinski definition) is 8. The Morgan fingerprint density at radius 2 is 0.524 bits per heavy atom. The van der Waals surface area contributed by atoms with E-state index in [9.17, 15) is 19.5 Å². The van der Waals surface area contributed by atoms with Crippen molar-refractivity contribution in [2.45, 2.75) is 437 Å². The molecule has 0 aliphatic rings. The number of carbonyl (C=O) groups excluding carboxylic acids is 3. The quantitative estimate of drug-likeness (QED) is 0.0195. The fourth-order valence-corrected chi connectivity index (χ4v) is 13.2. The Hall–Kier alpha value is -3.79. The Bertz CT molecular complexity index is 2030. The lowest BCUT2D eigenvalue weighted by molar-refractivity contribution is -0.870. The predicted molar refractivity (Wildman–Crippen MR) is 444 cm³/mol. The molecule has 9 nitrogen and oxygen atoms in total. The molecule has 2 unspecified atom stereocenters. The summed E-state index contributed by atoms with van der Waals surface area (Å²) in [5, 5.41) is 11.9. The third kappa shape index (κ3) is 85.3. The molecule has 0 aliphatic carbocycles. The molecule has 103 heavy (non-hydrogen) atoms. The summed E-state index contributed by atoms with van der Waals surface area (Å²) in [6.45, 7) is 4.59. The Balaban J connectivity index is 3.90. The highest BCUT2D eigenvalue weighted by atomic mass is 16.7. The fraction of sp³-hybridized carbons (Fsp3) is 0.798. The van der Waals surface area contributed by atoms with Crippen molar-refractivity contribution in [2.24, 2.45) is 0 Å². The van der Waals surface area contributed by atoms with Crippen LogP contribution in [-0.4, -0.2) is 82.3 Å². The maximum absolute atomic E-state index is 13.0. The van der Waals surface area contributed by atoms with E-state index in [0.29, 0.717) is 17.4 Å². The summed E-state index contributed by atoms with van der Waals surface area (Å²) < 4.78 is 22.9. The number of carbonyl (C=O) groups is 3. The minimum atomic E-state index is -1.62. The molecule has 598 valence electrons. The monoisotopic (exact) mass is 1440 g/mol. The molecule has 0 aliphatic heterocycles. The van der Waals surface area contributed by atoms with Gasteiger partial charge in [-0.1, -0.05) is 419 Å². The van der Waals surface area contributed by atoms with Crippen LogP contribution in [0.4, 0.5) is 0 Å². The van der Waals surface area contributed by atoms with E-state index in [0.717, 1.165) is 89.9 Å². The molecule has 2 atom stereocenters. The van der Waals surface area contributed by atoms with E-state index in [1.807, 2.05) is 21.1 Å². The largest absolute Gasteiger partial charge is 0.545 e. The highest BCUT2D eigenvalue weighted by Gasteiger charge is 2.22. The summed E-state index contributed by atoms with van der Waals surface area (Å²) in [7, 11) is 5.95. The van der Waals surface area contributed by atoms with Gasteiger partial charge in [0.2, 0.25) is 0 Å². The average Bonchev–Trinajstić information content (AvgIpc) is 1.01. The molecule has 0 bridgehead atoms. The number of nitrogens with zero attached hydrogens (tertiary/aromatic N) is 1. The fourth-order valence-electron chi connectivity index (χ4n) is 13.2. The summed E-state index contributed by atoms with van der Waals surface area (Å²) in [6.07, 6.45) is 114. The predicted octanol–water partition coefficient (Wildman–Crippen LogP) is 27.7. The Morgan fingerprint density at radius 3 is 0.777 bits per heavy atom. The van der Waals surface area contributed by atoms with Gasteiger partial charge in [0, 0.05) is 12.8 Å². The van der Waals surface area contributed by atoms with Crippen molar-refractivity contribution < 1.29 is 42.9 Å². The van der Waals surface area contributed by atoms with Gasteiger partial charge in [-0.3, -0.25) is 9.59 Å². The molecule has 0 amide bonds. The molecule has 0 aromatic carbocycles. The maximum Gasteiger partial charge on any atom is 0.306 e. The Morgan fingerprint density at radius 1 is 0.291 bits per heavy atom. The number of likely N-dealkylation sites (N-methyl/N-ethyl adjacent to an activating group) is 1. The number of aliphatic carboxylic acids is 1. The molecule has 0 spiro atoms. The van der Waals surface area contributed by atoms with Crippen LogP contribution in [0.15, 0.2) is 97.2 Å². The van der Waals surface area contributed by atoms with E-state index < -0.39 is 24.3 Å². The van der Waals surface area contributed by atoms with Crippen LogP contribution in [0, 0.1) is 0 Å². The third-order valence-electron chi connectivity index (χ3n) is 19.8. The molecule has 0 saturated carbocycles. The van der Waals surface area contributed by atoms with Crippen molar-refractivity contribution in [2.75, 3.05) is 47.5 Å². The number of carboxylic acid groups (broad SMARTS) is 1. The molecule has 0 N–H and O–H groups in total. The van der Waals surface area contributed by atoms with Gasteiger partial charge >= 0.3 is 11.9 Å². The first kappa shape index (κ1) is 99.2. The van der Waals surface area contributed by atoms with Gasteiger partial charge < -0.3 is 33.3 Å². The molecule has 0 heterocycles. The summed E-state index contributed by atoms with van der Waals surface area (Å²) >= 11 is 0. The highest BCUT2D eigenvalue weighted by Crippen LogP contribution is 2.20. The molecule has 0 aromatic heterocycles. The van der Waals surface area contributed by atoms with E-state index in [2.05, 4.69) is 111 Å². The number of quaternary nitrogens is 1. The molecule has 0 saturated heterocycles. The van der Waals surface area contributed by atoms with E-state index in [4.69, 9.17) is 18.9 Å². The maximum atomic E-state index is 13.0. The first-order valence-corrected chi connectivity index (χ1v) is 44.4. The second-order valence-electron chi connectivity index (χ2n) is 31.1. The summed E-state index contributed by atoms with van der Waals surface area (Å²) in [4.78, 5) is 37.7. The number of unbranched alkanes of at least 4 members (excludes halogenated alkanes) is 52. The van der Waals surface area contributed by atoms with Gasteiger partial charge in [0.1, 0.15) is 13.2 Å². The first-order chi connectivity index (χ1) is 50.6. The first-order valence-electron chi connectivity index (χ1n) is 44.4. The Labute approximate surface area is 639 Å². The molecule has 0 aromatic rings. The number of hydrogen-bond donors (Lipinski definition) is 0. The molecule has 0 rings (SSSR count). The topological polar surface area (TPSA) is 111 Å². The average molecular weight is 1440 g/mol. The highest BCUT2D eigenvalue weighted by molar-refractivity contribution is 5.70. The third-order valence-corrected chi connectivity index (χ3v) is 19.8. The van der Waals surface area contributed by atoms with E-state index in [1.165, 1.54) is 308 Å². The van der Waals surface area contributed by atoms with Crippen molar-refractivity contribution in [3.8, 4) is 0 Å². The zero-order valence-electron chi connectivity index (χ0n) is 68.7. The second-order valence-corrected chi connectivity index (χ2v) is 31.1. The van der Waals surface area contributed by atoms with Crippen molar-refractivity contribution >= 4 is 17.9 Å². The van der Waals surface area contributed by atoms with Crippen LogP contribution in [0.1, 0.15) is 425 Å². The number of allylic oxidation sites excluding steroid dienone is 16. The smallest absolute Gasteiger partial charge is 0.306 e. The minimum Gasteiger partial charge on any atom is -0.545 e. The van der Waals surface area contributed by atoms with Crippen LogP contribution < -0.4 is 5.11 Å². The van der Waals surface area contributed by atoms with Crippen molar-refractivity contribution in [3.05, 3.63) is 97.2 Å². The standard InChI is InChI=1S/C94H169NO8/c1-6-8-10-12-14-16-18-20-22-24-26-28-30-32-34-36-38-40-42-44-45-46-47-49-51-53-55-57-59-61-63-65-67-69-71-73-75-77-79-81-83-85-92(97)103-90(89-102-94(93(98)99)100-87-86-95(3,4)5)88-101-91(96)84-82-80-78-76-74-72-70-68-66-64-62-60-58-56-54-52-50-48-43-41-39-37-35-33-31-29-27-25-23-21-19-17-15-13-11-9-7-2/h8-11,14-17,20-23,26-29,90,94H,6-7,12-13,18-19,24-25,30-89H2,1-5H3/b10-8-,11-9-,16-14-,17-15-,22-20-,23-21-,28-26-,29-27-. The Kier molecular flexibility index (Phi) is 80.8. The van der Waals surface area contributed by atoms with Gasteiger partial charge in [0.15, 0.2) is 12.4 Å². The van der Waals surface area contributed by atoms with Crippen molar-refractivity contribution in [1.82, 2.24) is 0 Å². The molecule has 0 fully saturated rings.